The standard InChI is InChI=1S/C10H8FNO3/c1-15-9-3-5-2-8(12-14)10(13)6(5)4-7(9)11/h3-4,14H,2H2,1H3. The number of methoxy groups -OCH3 is 1. The fourth-order valence-corrected chi connectivity index (χ4v) is 1.61. The maximum atomic E-state index is 13.3. The van der Waals surface area contributed by atoms with Crippen LogP contribution in [0.3, 0.4) is 0 Å². The van der Waals surface area contributed by atoms with Crippen molar-refractivity contribution < 1.29 is 19.1 Å². The molecule has 0 saturated carbocycles. The third-order valence-electron chi connectivity index (χ3n) is 2.36. The molecular formula is C10H8FNO3. The van der Waals surface area contributed by atoms with Crippen LogP contribution >= 0.6 is 0 Å². The van der Waals surface area contributed by atoms with Crippen molar-refractivity contribution in [1.29, 1.82) is 0 Å². The van der Waals surface area contributed by atoms with Gasteiger partial charge in [-0.25, -0.2) is 4.39 Å². The highest BCUT2D eigenvalue weighted by atomic mass is 19.1. The first-order chi connectivity index (χ1) is 7.17. The van der Waals surface area contributed by atoms with E-state index in [2.05, 4.69) is 5.16 Å². The predicted octanol–water partition coefficient (Wildman–Crippen LogP) is 1.40. The summed E-state index contributed by atoms with van der Waals surface area (Å²) in [7, 11) is 1.35. The van der Waals surface area contributed by atoms with E-state index >= 15 is 0 Å². The minimum Gasteiger partial charge on any atom is -0.494 e. The topological polar surface area (TPSA) is 58.9 Å². The second-order valence-corrected chi connectivity index (χ2v) is 3.20. The quantitative estimate of drug-likeness (QED) is 0.561. The van der Waals surface area contributed by atoms with Crippen LogP contribution in [0.1, 0.15) is 15.9 Å². The van der Waals surface area contributed by atoms with Gasteiger partial charge in [0.2, 0.25) is 5.78 Å². The average molecular weight is 209 g/mol. The molecule has 0 atom stereocenters. The normalized spacial score (nSPS) is 16.9. The minimum atomic E-state index is -0.594. The van der Waals surface area contributed by atoms with Crippen LogP contribution in [-0.4, -0.2) is 23.8 Å². The lowest BCUT2D eigenvalue weighted by Gasteiger charge is -2.03. The SMILES string of the molecule is COc1cc2c(cc1F)C(=O)C(=NO)C2. The number of hydrogen-bond donors (Lipinski definition) is 1. The summed E-state index contributed by atoms with van der Waals surface area (Å²) in [4.78, 5) is 11.5. The van der Waals surface area contributed by atoms with Crippen molar-refractivity contribution in [3.8, 4) is 5.75 Å². The van der Waals surface area contributed by atoms with Gasteiger partial charge in [-0.05, 0) is 17.7 Å². The first-order valence-electron chi connectivity index (χ1n) is 4.29. The lowest BCUT2D eigenvalue weighted by molar-refractivity contribution is 0.106. The lowest BCUT2D eigenvalue weighted by atomic mass is 10.1. The number of halogens is 1. The lowest BCUT2D eigenvalue weighted by Crippen LogP contribution is -2.07. The summed E-state index contributed by atoms with van der Waals surface area (Å²) < 4.78 is 18.1. The van der Waals surface area contributed by atoms with Crippen LogP contribution in [0.2, 0.25) is 0 Å². The largest absolute Gasteiger partial charge is 0.494 e. The number of nitrogens with zero attached hydrogens (tertiary/aromatic N) is 1. The summed E-state index contributed by atoms with van der Waals surface area (Å²) in [6, 6.07) is 2.55. The van der Waals surface area contributed by atoms with Gasteiger partial charge in [0.05, 0.1) is 7.11 Å². The van der Waals surface area contributed by atoms with Crippen LogP contribution < -0.4 is 4.74 Å². The summed E-state index contributed by atoms with van der Waals surface area (Å²) in [6.45, 7) is 0. The van der Waals surface area contributed by atoms with E-state index in [9.17, 15) is 9.18 Å². The van der Waals surface area contributed by atoms with Crippen molar-refractivity contribution in [2.24, 2.45) is 5.16 Å². The predicted molar refractivity (Wildman–Crippen MR) is 50.2 cm³/mol. The van der Waals surface area contributed by atoms with E-state index in [1.165, 1.54) is 13.2 Å². The van der Waals surface area contributed by atoms with Crippen molar-refractivity contribution in [2.45, 2.75) is 6.42 Å². The molecule has 0 radical (unpaired) electrons. The van der Waals surface area contributed by atoms with E-state index in [1.54, 1.807) is 0 Å². The molecular weight excluding hydrogens is 201 g/mol. The van der Waals surface area contributed by atoms with Crippen LogP contribution in [0, 0.1) is 5.82 Å². The highest BCUT2D eigenvalue weighted by Gasteiger charge is 2.28. The van der Waals surface area contributed by atoms with Crippen LogP contribution in [0.25, 0.3) is 0 Å². The van der Waals surface area contributed by atoms with Gasteiger partial charge in [0, 0.05) is 12.0 Å². The van der Waals surface area contributed by atoms with Gasteiger partial charge in [-0.2, -0.15) is 0 Å². The van der Waals surface area contributed by atoms with Gasteiger partial charge in [0.25, 0.3) is 0 Å². The number of hydrogen-bond acceptors (Lipinski definition) is 4. The van der Waals surface area contributed by atoms with E-state index in [1.807, 2.05) is 0 Å². The molecule has 1 aliphatic rings. The highest BCUT2D eigenvalue weighted by molar-refractivity contribution is 6.49. The molecule has 5 heteroatoms. The molecule has 1 aromatic carbocycles. The number of oxime groups is 1. The van der Waals surface area contributed by atoms with Crippen LogP contribution in [-0.2, 0) is 6.42 Å². The van der Waals surface area contributed by atoms with Gasteiger partial charge in [-0.1, -0.05) is 5.16 Å². The Morgan fingerprint density at radius 3 is 2.87 bits per heavy atom. The summed E-state index contributed by atoms with van der Waals surface area (Å²) >= 11 is 0. The van der Waals surface area contributed by atoms with Gasteiger partial charge < -0.3 is 9.94 Å². The second-order valence-electron chi connectivity index (χ2n) is 3.20. The molecule has 1 aromatic rings. The van der Waals surface area contributed by atoms with Crippen LogP contribution in [0.4, 0.5) is 4.39 Å². The summed E-state index contributed by atoms with van der Waals surface area (Å²) in [5.74, 6) is -0.946. The Morgan fingerprint density at radius 2 is 2.27 bits per heavy atom. The number of ether oxygens (including phenoxy) is 1. The van der Waals surface area contributed by atoms with Crippen molar-refractivity contribution >= 4 is 11.5 Å². The van der Waals surface area contributed by atoms with Gasteiger partial charge in [0.15, 0.2) is 11.6 Å². The number of Topliss-reactive ketones (excluding diaryl/α,β-unsaturated/α-hetero) is 1. The highest BCUT2D eigenvalue weighted by Crippen LogP contribution is 2.27. The number of carbonyl (C=O) groups excluding carboxylic acids is 1. The van der Waals surface area contributed by atoms with E-state index < -0.39 is 11.6 Å². The first kappa shape index (κ1) is 9.64. The molecule has 15 heavy (non-hydrogen) atoms. The molecule has 0 aromatic heterocycles. The number of fused-ring (bicyclic) bond motifs is 1. The Kier molecular flexibility index (Phi) is 2.15. The number of ketones is 1. The maximum absolute atomic E-state index is 13.3. The minimum absolute atomic E-state index is 0.0256. The molecule has 0 heterocycles. The van der Waals surface area contributed by atoms with Crippen molar-refractivity contribution in [3.63, 3.8) is 0 Å². The molecule has 0 bridgehead atoms. The maximum Gasteiger partial charge on any atom is 0.211 e. The average Bonchev–Trinajstić information content (AvgIpc) is 2.54. The molecule has 78 valence electrons. The Balaban J connectivity index is 2.56. The Labute approximate surface area is 85.0 Å². The zero-order valence-corrected chi connectivity index (χ0v) is 7.95. The molecule has 0 unspecified atom stereocenters. The smallest absolute Gasteiger partial charge is 0.211 e. The molecule has 0 amide bonds. The van der Waals surface area contributed by atoms with E-state index in [0.29, 0.717) is 5.56 Å². The third kappa shape index (κ3) is 1.36. The Hall–Kier alpha value is -1.91. The summed E-state index contributed by atoms with van der Waals surface area (Å²) in [5.41, 5.74) is 0.879. The molecule has 1 N–H and O–H groups in total. The zero-order chi connectivity index (χ0) is 11.0. The van der Waals surface area contributed by atoms with Gasteiger partial charge >= 0.3 is 0 Å². The third-order valence-corrected chi connectivity index (χ3v) is 2.36. The molecule has 0 spiro atoms. The zero-order valence-electron chi connectivity index (χ0n) is 7.95. The summed E-state index contributed by atoms with van der Waals surface area (Å²) in [6.07, 6.45) is 0.210. The fourth-order valence-electron chi connectivity index (χ4n) is 1.61. The number of rotatable bonds is 1. The van der Waals surface area contributed by atoms with Crippen LogP contribution in [0.5, 0.6) is 5.75 Å². The number of benzene rings is 1. The van der Waals surface area contributed by atoms with Gasteiger partial charge in [-0.15, -0.1) is 0 Å². The van der Waals surface area contributed by atoms with E-state index in [-0.39, 0.29) is 23.4 Å². The van der Waals surface area contributed by atoms with Gasteiger partial charge in [-0.3, -0.25) is 4.79 Å². The summed E-state index contributed by atoms with van der Waals surface area (Å²) in [5, 5.41) is 11.4. The monoisotopic (exact) mass is 209 g/mol. The van der Waals surface area contributed by atoms with E-state index in [4.69, 9.17) is 9.94 Å². The molecule has 1 aliphatic carbocycles. The van der Waals surface area contributed by atoms with Gasteiger partial charge in [0.1, 0.15) is 5.71 Å². The second kappa shape index (κ2) is 3.34. The molecule has 2 rings (SSSR count). The van der Waals surface area contributed by atoms with Crippen molar-refractivity contribution in [1.82, 2.24) is 0 Å². The Bertz CT molecular complexity index is 468. The van der Waals surface area contributed by atoms with Crippen molar-refractivity contribution in [3.05, 3.63) is 29.1 Å². The molecule has 4 nitrogen and oxygen atoms in total. The van der Waals surface area contributed by atoms with E-state index in [0.717, 1.165) is 6.07 Å². The molecule has 0 aliphatic heterocycles. The Morgan fingerprint density at radius 1 is 1.53 bits per heavy atom. The molecule has 0 fully saturated rings. The molecule has 0 saturated heterocycles. The fraction of sp³-hybridized carbons (Fsp3) is 0.200. The first-order valence-corrected chi connectivity index (χ1v) is 4.29. The van der Waals surface area contributed by atoms with Crippen LogP contribution in [0.15, 0.2) is 17.3 Å². The van der Waals surface area contributed by atoms with Crippen molar-refractivity contribution in [2.75, 3.05) is 7.11 Å². The number of carbonyl (C=O) groups is 1.